The first-order valence-corrected chi connectivity index (χ1v) is 8.33. The van der Waals surface area contributed by atoms with Crippen molar-refractivity contribution in [2.24, 2.45) is 0 Å². The Bertz CT molecular complexity index is 558. The second-order valence-corrected chi connectivity index (χ2v) is 7.04. The molecule has 0 heterocycles. The van der Waals surface area contributed by atoms with Crippen LogP contribution < -0.4 is 5.32 Å². The summed E-state index contributed by atoms with van der Waals surface area (Å²) in [6, 6.07) is 4.68. The standard InChI is InChI=1S/C12H15Cl2NO3S/c1-2-15-12(16)5-6-19(17,18)8-9-3-4-10(13)11(14)7-9/h3-4,7H,2,5-6,8H2,1H3,(H,15,16). The molecule has 0 atom stereocenters. The Morgan fingerprint density at radius 2 is 1.95 bits per heavy atom. The van der Waals surface area contributed by atoms with Gasteiger partial charge in [-0.2, -0.15) is 0 Å². The van der Waals surface area contributed by atoms with Crippen molar-refractivity contribution in [3.8, 4) is 0 Å². The van der Waals surface area contributed by atoms with Gasteiger partial charge in [-0.05, 0) is 24.6 Å². The smallest absolute Gasteiger partial charge is 0.221 e. The number of carbonyl (C=O) groups excluding carboxylic acids is 1. The normalized spacial score (nSPS) is 11.3. The maximum absolute atomic E-state index is 11.8. The molecule has 0 fully saturated rings. The average Bonchev–Trinajstić information content (AvgIpc) is 2.32. The van der Waals surface area contributed by atoms with E-state index >= 15 is 0 Å². The molecule has 0 aromatic heterocycles. The van der Waals surface area contributed by atoms with Gasteiger partial charge in [0.05, 0.1) is 21.6 Å². The predicted molar refractivity (Wildman–Crippen MR) is 77.3 cm³/mol. The number of nitrogens with one attached hydrogen (secondary N) is 1. The zero-order valence-corrected chi connectivity index (χ0v) is 12.8. The van der Waals surface area contributed by atoms with Crippen LogP contribution in [0.4, 0.5) is 0 Å². The van der Waals surface area contributed by atoms with Crippen molar-refractivity contribution < 1.29 is 13.2 Å². The molecule has 0 spiro atoms. The molecule has 0 radical (unpaired) electrons. The van der Waals surface area contributed by atoms with Gasteiger partial charge in [0.15, 0.2) is 9.84 Å². The molecular formula is C12H15Cl2NO3S. The van der Waals surface area contributed by atoms with Crippen LogP contribution in [0.1, 0.15) is 18.9 Å². The van der Waals surface area contributed by atoms with E-state index in [-0.39, 0.29) is 23.8 Å². The van der Waals surface area contributed by atoms with E-state index in [4.69, 9.17) is 23.2 Å². The highest BCUT2D eigenvalue weighted by Crippen LogP contribution is 2.23. The quantitative estimate of drug-likeness (QED) is 0.874. The molecule has 7 heteroatoms. The van der Waals surface area contributed by atoms with Gasteiger partial charge in [0, 0.05) is 13.0 Å². The third-order valence-electron chi connectivity index (χ3n) is 2.38. The molecule has 0 unspecified atom stereocenters. The van der Waals surface area contributed by atoms with Crippen molar-refractivity contribution in [3.63, 3.8) is 0 Å². The highest BCUT2D eigenvalue weighted by atomic mass is 35.5. The summed E-state index contributed by atoms with van der Waals surface area (Å²) in [7, 11) is -3.34. The molecule has 0 aliphatic rings. The van der Waals surface area contributed by atoms with Crippen LogP contribution in [0.25, 0.3) is 0 Å². The lowest BCUT2D eigenvalue weighted by atomic mass is 10.2. The first kappa shape index (κ1) is 16.3. The maximum atomic E-state index is 11.8. The van der Waals surface area contributed by atoms with Crippen molar-refractivity contribution in [2.45, 2.75) is 19.1 Å². The van der Waals surface area contributed by atoms with E-state index in [1.807, 2.05) is 0 Å². The van der Waals surface area contributed by atoms with E-state index in [9.17, 15) is 13.2 Å². The number of hydrogen-bond acceptors (Lipinski definition) is 3. The third-order valence-corrected chi connectivity index (χ3v) is 4.72. The van der Waals surface area contributed by atoms with Gasteiger partial charge in [-0.15, -0.1) is 0 Å². The zero-order chi connectivity index (χ0) is 14.5. The summed E-state index contributed by atoms with van der Waals surface area (Å²) in [5.74, 6) is -0.595. The van der Waals surface area contributed by atoms with E-state index in [1.54, 1.807) is 19.1 Å². The van der Waals surface area contributed by atoms with Crippen LogP contribution in [-0.2, 0) is 20.4 Å². The average molecular weight is 324 g/mol. The fourth-order valence-electron chi connectivity index (χ4n) is 1.49. The van der Waals surface area contributed by atoms with Gasteiger partial charge >= 0.3 is 0 Å². The maximum Gasteiger partial charge on any atom is 0.221 e. The molecule has 19 heavy (non-hydrogen) atoms. The van der Waals surface area contributed by atoms with Gasteiger partial charge in [-0.3, -0.25) is 4.79 Å². The summed E-state index contributed by atoms with van der Waals surface area (Å²) in [6.07, 6.45) is -0.0303. The Morgan fingerprint density at radius 1 is 1.26 bits per heavy atom. The lowest BCUT2D eigenvalue weighted by molar-refractivity contribution is -0.120. The minimum Gasteiger partial charge on any atom is -0.356 e. The second kappa shape index (κ2) is 7.12. The van der Waals surface area contributed by atoms with Crippen LogP contribution in [0, 0.1) is 0 Å². The summed E-state index contributed by atoms with van der Waals surface area (Å²) >= 11 is 11.6. The predicted octanol–water partition coefficient (Wildman–Crippen LogP) is 2.43. The summed E-state index contributed by atoms with van der Waals surface area (Å²) in [5.41, 5.74) is 0.560. The highest BCUT2D eigenvalue weighted by Gasteiger charge is 2.15. The van der Waals surface area contributed by atoms with E-state index in [2.05, 4.69) is 5.32 Å². The van der Waals surface area contributed by atoms with Crippen LogP contribution in [0.15, 0.2) is 18.2 Å². The van der Waals surface area contributed by atoms with Gasteiger partial charge in [0.1, 0.15) is 0 Å². The van der Waals surface area contributed by atoms with Gasteiger partial charge in [0.2, 0.25) is 5.91 Å². The van der Waals surface area contributed by atoms with Crippen molar-refractivity contribution in [1.82, 2.24) is 5.32 Å². The Labute approximate surface area is 123 Å². The number of rotatable bonds is 6. The monoisotopic (exact) mass is 323 g/mol. The van der Waals surface area contributed by atoms with Gasteiger partial charge in [-0.1, -0.05) is 29.3 Å². The Morgan fingerprint density at radius 3 is 2.53 bits per heavy atom. The molecule has 1 aromatic carbocycles. The molecular weight excluding hydrogens is 309 g/mol. The van der Waals surface area contributed by atoms with E-state index in [1.165, 1.54) is 6.07 Å². The minimum atomic E-state index is -3.34. The molecule has 0 bridgehead atoms. The highest BCUT2D eigenvalue weighted by molar-refractivity contribution is 7.90. The van der Waals surface area contributed by atoms with E-state index < -0.39 is 9.84 Å². The van der Waals surface area contributed by atoms with Crippen molar-refractivity contribution >= 4 is 38.9 Å². The largest absolute Gasteiger partial charge is 0.356 e. The van der Waals surface area contributed by atoms with Crippen LogP contribution in [0.2, 0.25) is 10.0 Å². The molecule has 1 N–H and O–H groups in total. The number of amides is 1. The molecule has 0 aliphatic heterocycles. The molecule has 0 saturated carbocycles. The fourth-order valence-corrected chi connectivity index (χ4v) is 3.14. The van der Waals surface area contributed by atoms with E-state index in [0.29, 0.717) is 22.2 Å². The molecule has 1 aromatic rings. The first-order chi connectivity index (χ1) is 8.84. The summed E-state index contributed by atoms with van der Waals surface area (Å²) in [5, 5.41) is 3.25. The van der Waals surface area contributed by atoms with Crippen LogP contribution in [0.3, 0.4) is 0 Å². The first-order valence-electron chi connectivity index (χ1n) is 5.75. The fraction of sp³-hybridized carbons (Fsp3) is 0.417. The number of sulfone groups is 1. The number of benzene rings is 1. The Balaban J connectivity index is 2.64. The Kier molecular flexibility index (Phi) is 6.10. The lowest BCUT2D eigenvalue weighted by Gasteiger charge is -2.06. The summed E-state index contributed by atoms with van der Waals surface area (Å²) in [4.78, 5) is 11.2. The lowest BCUT2D eigenvalue weighted by Crippen LogP contribution is -2.25. The molecule has 1 rings (SSSR count). The molecule has 1 amide bonds. The molecule has 0 saturated heterocycles. The number of hydrogen-bond donors (Lipinski definition) is 1. The van der Waals surface area contributed by atoms with Gasteiger partial charge in [0.25, 0.3) is 0 Å². The van der Waals surface area contributed by atoms with Crippen LogP contribution >= 0.6 is 23.2 Å². The van der Waals surface area contributed by atoms with Crippen LogP contribution in [-0.4, -0.2) is 26.6 Å². The van der Waals surface area contributed by atoms with Crippen molar-refractivity contribution in [3.05, 3.63) is 33.8 Å². The Hall–Kier alpha value is -0.780. The topological polar surface area (TPSA) is 63.2 Å². The minimum absolute atomic E-state index is 0.0303. The summed E-state index contributed by atoms with van der Waals surface area (Å²) < 4.78 is 23.7. The van der Waals surface area contributed by atoms with Gasteiger partial charge in [-0.25, -0.2) is 8.42 Å². The number of carbonyl (C=O) groups is 1. The zero-order valence-electron chi connectivity index (χ0n) is 10.4. The SMILES string of the molecule is CCNC(=O)CCS(=O)(=O)Cc1ccc(Cl)c(Cl)c1. The molecule has 0 aliphatic carbocycles. The van der Waals surface area contributed by atoms with Crippen LogP contribution in [0.5, 0.6) is 0 Å². The van der Waals surface area contributed by atoms with Gasteiger partial charge < -0.3 is 5.32 Å². The van der Waals surface area contributed by atoms with E-state index in [0.717, 1.165) is 0 Å². The number of halogens is 2. The van der Waals surface area contributed by atoms with Crippen molar-refractivity contribution in [2.75, 3.05) is 12.3 Å². The summed E-state index contributed by atoms with van der Waals surface area (Å²) in [6.45, 7) is 2.27. The third kappa shape index (κ3) is 5.80. The molecule has 106 valence electrons. The molecule has 4 nitrogen and oxygen atoms in total. The second-order valence-electron chi connectivity index (χ2n) is 4.04. The van der Waals surface area contributed by atoms with Crippen molar-refractivity contribution in [1.29, 1.82) is 0 Å².